The van der Waals surface area contributed by atoms with Gasteiger partial charge in [-0.1, -0.05) is 36.4 Å². The van der Waals surface area contributed by atoms with Gasteiger partial charge in [-0.25, -0.2) is 8.42 Å². The van der Waals surface area contributed by atoms with Crippen molar-refractivity contribution in [1.29, 1.82) is 0 Å². The van der Waals surface area contributed by atoms with Gasteiger partial charge in [-0.3, -0.25) is 4.79 Å². The number of carbonyl (C=O) groups excluding carboxylic acids is 1. The molecule has 0 aliphatic carbocycles. The maximum absolute atomic E-state index is 13.2. The topological polar surface area (TPSA) is 66.5 Å². The summed E-state index contributed by atoms with van der Waals surface area (Å²) < 4.78 is 27.9. The molecule has 0 spiro atoms. The number of thioether (sulfide) groups is 1. The summed E-state index contributed by atoms with van der Waals surface area (Å²) in [5.74, 6) is -0.501. The maximum atomic E-state index is 13.2. The third-order valence-electron chi connectivity index (χ3n) is 5.45. The normalized spacial score (nSPS) is 17.7. The van der Waals surface area contributed by atoms with Gasteiger partial charge < -0.3 is 5.32 Å². The van der Waals surface area contributed by atoms with Gasteiger partial charge in [-0.2, -0.15) is 4.31 Å². The number of carbonyl (C=O) groups is 1. The van der Waals surface area contributed by atoms with E-state index in [0.29, 0.717) is 19.4 Å². The SMILES string of the molecule is CSc1cccc(NC(=O)[C@H]2CCCN(S(=O)(=O)c3ccc4ccccc4c3)C2)c1. The lowest BCUT2D eigenvalue weighted by Crippen LogP contribution is -2.43. The van der Waals surface area contributed by atoms with Crippen molar-refractivity contribution in [2.75, 3.05) is 24.7 Å². The summed E-state index contributed by atoms with van der Waals surface area (Å²) in [7, 11) is -3.65. The molecule has 0 saturated carbocycles. The van der Waals surface area contributed by atoms with Crippen LogP contribution in [-0.2, 0) is 14.8 Å². The number of hydrogen-bond acceptors (Lipinski definition) is 4. The molecule has 0 unspecified atom stereocenters. The Hall–Kier alpha value is -2.35. The van der Waals surface area contributed by atoms with E-state index in [9.17, 15) is 13.2 Å². The van der Waals surface area contributed by atoms with Crippen molar-refractivity contribution in [2.24, 2.45) is 5.92 Å². The number of anilines is 1. The maximum Gasteiger partial charge on any atom is 0.243 e. The predicted molar refractivity (Wildman–Crippen MR) is 122 cm³/mol. The van der Waals surface area contributed by atoms with Crippen molar-refractivity contribution in [3.8, 4) is 0 Å². The minimum atomic E-state index is -3.65. The molecule has 3 aromatic rings. The lowest BCUT2D eigenvalue weighted by molar-refractivity contribution is -0.120. The second kappa shape index (κ2) is 8.79. The fourth-order valence-corrected chi connectivity index (χ4v) is 5.82. The molecule has 1 heterocycles. The first-order valence-electron chi connectivity index (χ1n) is 9.91. The Labute approximate surface area is 181 Å². The molecule has 1 atom stereocenters. The molecule has 5 nitrogen and oxygen atoms in total. The smallest absolute Gasteiger partial charge is 0.243 e. The van der Waals surface area contributed by atoms with Crippen LogP contribution in [0.1, 0.15) is 12.8 Å². The van der Waals surface area contributed by atoms with Gasteiger partial charge >= 0.3 is 0 Å². The summed E-state index contributed by atoms with van der Waals surface area (Å²) in [6.45, 7) is 0.629. The lowest BCUT2D eigenvalue weighted by Gasteiger charge is -2.31. The Morgan fingerprint density at radius 2 is 1.83 bits per heavy atom. The molecule has 7 heteroatoms. The molecular weight excluding hydrogens is 416 g/mol. The summed E-state index contributed by atoms with van der Waals surface area (Å²) in [4.78, 5) is 14.2. The van der Waals surface area contributed by atoms with E-state index in [1.807, 2.05) is 60.9 Å². The summed E-state index contributed by atoms with van der Waals surface area (Å²) in [5, 5.41) is 4.84. The highest BCUT2D eigenvalue weighted by molar-refractivity contribution is 7.98. The average molecular weight is 441 g/mol. The van der Waals surface area contributed by atoms with E-state index in [2.05, 4.69) is 5.32 Å². The molecule has 30 heavy (non-hydrogen) atoms. The van der Waals surface area contributed by atoms with Crippen molar-refractivity contribution < 1.29 is 13.2 Å². The molecule has 1 aliphatic rings. The van der Waals surface area contributed by atoms with Gasteiger partial charge in [0, 0.05) is 23.7 Å². The van der Waals surface area contributed by atoms with Crippen LogP contribution in [0.25, 0.3) is 10.8 Å². The van der Waals surface area contributed by atoms with Gasteiger partial charge in [0.25, 0.3) is 0 Å². The van der Waals surface area contributed by atoms with Gasteiger partial charge in [0.15, 0.2) is 0 Å². The van der Waals surface area contributed by atoms with Gasteiger partial charge in [-0.05, 0) is 60.2 Å². The molecule has 3 aromatic carbocycles. The van der Waals surface area contributed by atoms with E-state index < -0.39 is 10.0 Å². The van der Waals surface area contributed by atoms with E-state index in [4.69, 9.17) is 0 Å². The highest BCUT2D eigenvalue weighted by Crippen LogP contribution is 2.27. The van der Waals surface area contributed by atoms with E-state index in [1.165, 1.54) is 4.31 Å². The first-order valence-corrected chi connectivity index (χ1v) is 12.6. The molecule has 0 radical (unpaired) electrons. The Morgan fingerprint density at radius 1 is 1.03 bits per heavy atom. The second-order valence-electron chi connectivity index (χ2n) is 7.43. The highest BCUT2D eigenvalue weighted by atomic mass is 32.2. The fourth-order valence-electron chi connectivity index (χ4n) is 3.80. The molecule has 1 N–H and O–H groups in total. The standard InChI is InChI=1S/C23H24N2O3S2/c1-29-21-10-4-9-20(15-21)24-23(26)19-8-5-13-25(16-19)30(27,28)22-12-11-17-6-2-3-7-18(17)14-22/h2-4,6-7,9-12,14-15,19H,5,8,13,16H2,1H3,(H,24,26)/t19-/m0/s1. The number of piperidine rings is 1. The number of amides is 1. The molecular formula is C23H24N2O3S2. The molecule has 4 rings (SSSR count). The van der Waals surface area contributed by atoms with Crippen LogP contribution in [0.5, 0.6) is 0 Å². The lowest BCUT2D eigenvalue weighted by atomic mass is 9.99. The number of sulfonamides is 1. The second-order valence-corrected chi connectivity index (χ2v) is 10.2. The molecule has 1 amide bonds. The average Bonchev–Trinajstić information content (AvgIpc) is 2.79. The van der Waals surface area contributed by atoms with Crippen LogP contribution >= 0.6 is 11.8 Å². The summed E-state index contributed by atoms with van der Waals surface area (Å²) in [5.41, 5.74) is 0.737. The van der Waals surface area contributed by atoms with Crippen LogP contribution < -0.4 is 5.32 Å². The zero-order chi connectivity index (χ0) is 21.1. The van der Waals surface area contributed by atoms with Crippen LogP contribution in [0.3, 0.4) is 0 Å². The van der Waals surface area contributed by atoms with Crippen LogP contribution in [-0.4, -0.2) is 38.0 Å². The molecule has 1 saturated heterocycles. The molecule has 156 valence electrons. The quantitative estimate of drug-likeness (QED) is 0.589. The van der Waals surface area contributed by atoms with Crippen molar-refractivity contribution in [3.05, 3.63) is 66.7 Å². The Bertz CT molecular complexity index is 1180. The number of hydrogen-bond donors (Lipinski definition) is 1. The van der Waals surface area contributed by atoms with Crippen molar-refractivity contribution in [2.45, 2.75) is 22.6 Å². The predicted octanol–water partition coefficient (Wildman–Crippen LogP) is 4.60. The van der Waals surface area contributed by atoms with E-state index in [-0.39, 0.29) is 23.3 Å². The molecule has 0 aromatic heterocycles. The van der Waals surface area contributed by atoms with E-state index in [0.717, 1.165) is 21.4 Å². The Morgan fingerprint density at radius 3 is 2.63 bits per heavy atom. The van der Waals surface area contributed by atoms with Crippen molar-refractivity contribution in [1.82, 2.24) is 4.31 Å². The third-order valence-corrected chi connectivity index (χ3v) is 8.04. The number of nitrogens with one attached hydrogen (secondary N) is 1. The number of benzene rings is 3. The summed E-state index contributed by atoms with van der Waals surface area (Å²) in [6, 6.07) is 20.5. The van der Waals surface area contributed by atoms with Gasteiger partial charge in [0.1, 0.15) is 0 Å². The summed E-state index contributed by atoms with van der Waals surface area (Å²) in [6.07, 6.45) is 3.32. The van der Waals surface area contributed by atoms with Crippen molar-refractivity contribution >= 4 is 44.2 Å². The number of nitrogens with zero attached hydrogens (tertiary/aromatic N) is 1. The third kappa shape index (κ3) is 4.38. The molecule has 1 fully saturated rings. The van der Waals surface area contributed by atoms with Crippen LogP contribution in [0.4, 0.5) is 5.69 Å². The zero-order valence-corrected chi connectivity index (χ0v) is 18.4. The Kier molecular flexibility index (Phi) is 6.13. The number of fused-ring (bicyclic) bond motifs is 1. The van der Waals surface area contributed by atoms with Crippen molar-refractivity contribution in [3.63, 3.8) is 0 Å². The zero-order valence-electron chi connectivity index (χ0n) is 16.7. The minimum Gasteiger partial charge on any atom is -0.326 e. The largest absolute Gasteiger partial charge is 0.326 e. The summed E-state index contributed by atoms with van der Waals surface area (Å²) >= 11 is 1.61. The monoisotopic (exact) mass is 440 g/mol. The fraction of sp³-hybridized carbons (Fsp3) is 0.261. The molecule has 0 bridgehead atoms. The van der Waals surface area contributed by atoms with Gasteiger partial charge in [-0.15, -0.1) is 11.8 Å². The van der Waals surface area contributed by atoms with Gasteiger partial charge in [0.05, 0.1) is 10.8 Å². The number of rotatable bonds is 5. The van der Waals surface area contributed by atoms with Crippen LogP contribution in [0.2, 0.25) is 0 Å². The van der Waals surface area contributed by atoms with E-state index in [1.54, 1.807) is 23.9 Å². The Balaban J connectivity index is 1.51. The van der Waals surface area contributed by atoms with Crippen LogP contribution in [0.15, 0.2) is 76.5 Å². The highest BCUT2D eigenvalue weighted by Gasteiger charge is 2.33. The van der Waals surface area contributed by atoms with E-state index >= 15 is 0 Å². The van der Waals surface area contributed by atoms with Crippen LogP contribution in [0, 0.1) is 5.92 Å². The molecule has 1 aliphatic heterocycles. The first kappa shape index (κ1) is 20.9. The van der Waals surface area contributed by atoms with Gasteiger partial charge in [0.2, 0.25) is 15.9 Å². The first-order chi connectivity index (χ1) is 14.5. The minimum absolute atomic E-state index is 0.133.